The Hall–Kier alpha value is -2.91. The lowest BCUT2D eigenvalue weighted by Gasteiger charge is -2.04. The summed E-state index contributed by atoms with van der Waals surface area (Å²) >= 11 is 7.28. The SMILES string of the molecule is Nn1c(Cc2ccccc2F)nnc1SCc1nc(-c2cccc(Cl)c2)no1. The van der Waals surface area contributed by atoms with E-state index in [0.29, 0.717) is 39.0 Å². The molecule has 0 radical (unpaired) electrons. The summed E-state index contributed by atoms with van der Waals surface area (Å²) in [5.41, 5.74) is 1.27. The Kier molecular flexibility index (Phi) is 5.27. The highest BCUT2D eigenvalue weighted by Gasteiger charge is 2.15. The van der Waals surface area contributed by atoms with Crippen LogP contribution in [-0.2, 0) is 12.2 Å². The molecule has 2 aromatic heterocycles. The summed E-state index contributed by atoms with van der Waals surface area (Å²) in [4.78, 5) is 4.35. The first-order valence-electron chi connectivity index (χ1n) is 8.24. The van der Waals surface area contributed by atoms with Crippen LogP contribution in [0.5, 0.6) is 0 Å². The predicted octanol–water partition coefficient (Wildman–Crippen LogP) is 3.72. The van der Waals surface area contributed by atoms with Gasteiger partial charge in [-0.15, -0.1) is 10.2 Å². The van der Waals surface area contributed by atoms with Crippen LogP contribution in [0, 0.1) is 5.82 Å². The number of thioether (sulfide) groups is 1. The maximum absolute atomic E-state index is 13.8. The molecule has 0 fully saturated rings. The van der Waals surface area contributed by atoms with Crippen molar-refractivity contribution in [2.45, 2.75) is 17.3 Å². The van der Waals surface area contributed by atoms with Crippen LogP contribution in [0.3, 0.4) is 0 Å². The topological polar surface area (TPSA) is 95.7 Å². The van der Waals surface area contributed by atoms with Crippen molar-refractivity contribution in [1.82, 2.24) is 25.0 Å². The summed E-state index contributed by atoms with van der Waals surface area (Å²) in [5, 5.41) is 13.1. The molecular formula is C18H14ClFN6OS. The third kappa shape index (κ3) is 4.00. The number of nitrogens with zero attached hydrogens (tertiary/aromatic N) is 5. The first kappa shape index (κ1) is 18.5. The van der Waals surface area contributed by atoms with Crippen molar-refractivity contribution in [3.63, 3.8) is 0 Å². The summed E-state index contributed by atoms with van der Waals surface area (Å²) in [6, 6.07) is 13.7. The van der Waals surface area contributed by atoms with E-state index in [1.54, 1.807) is 30.3 Å². The van der Waals surface area contributed by atoms with Crippen LogP contribution >= 0.6 is 23.4 Å². The quantitative estimate of drug-likeness (QED) is 0.378. The van der Waals surface area contributed by atoms with Crippen molar-refractivity contribution in [3.8, 4) is 11.4 Å². The minimum Gasteiger partial charge on any atom is -0.338 e. The van der Waals surface area contributed by atoms with Crippen LogP contribution < -0.4 is 5.84 Å². The van der Waals surface area contributed by atoms with E-state index in [1.807, 2.05) is 12.1 Å². The summed E-state index contributed by atoms with van der Waals surface area (Å²) in [6.45, 7) is 0. The maximum Gasteiger partial charge on any atom is 0.237 e. The maximum atomic E-state index is 13.8. The highest BCUT2D eigenvalue weighted by atomic mass is 35.5. The molecule has 0 saturated heterocycles. The molecule has 10 heteroatoms. The van der Waals surface area contributed by atoms with Crippen LogP contribution in [0.2, 0.25) is 5.02 Å². The van der Waals surface area contributed by atoms with E-state index < -0.39 is 0 Å². The average Bonchev–Trinajstić information content (AvgIpc) is 3.30. The minimum atomic E-state index is -0.306. The van der Waals surface area contributed by atoms with Crippen molar-refractivity contribution in [1.29, 1.82) is 0 Å². The lowest BCUT2D eigenvalue weighted by Crippen LogP contribution is -2.14. The number of hydrogen-bond donors (Lipinski definition) is 1. The Bertz CT molecular complexity index is 1110. The van der Waals surface area contributed by atoms with Gasteiger partial charge in [-0.3, -0.25) is 0 Å². The molecule has 0 unspecified atom stereocenters. The second-order valence-corrected chi connectivity index (χ2v) is 7.23. The average molecular weight is 417 g/mol. The molecule has 4 rings (SSSR count). The minimum absolute atomic E-state index is 0.246. The van der Waals surface area contributed by atoms with E-state index >= 15 is 0 Å². The molecule has 0 spiro atoms. The summed E-state index contributed by atoms with van der Waals surface area (Å²) in [7, 11) is 0. The standard InChI is InChI=1S/C18H14ClFN6OS/c19-13-6-3-5-12(8-13)17-22-16(27-25-17)10-28-18-24-23-15(26(18)21)9-11-4-1-2-7-14(11)20/h1-8H,9-10,21H2. The number of aromatic nitrogens is 5. The van der Waals surface area contributed by atoms with Crippen molar-refractivity contribution < 1.29 is 8.91 Å². The number of benzene rings is 2. The van der Waals surface area contributed by atoms with Crippen molar-refractivity contribution >= 4 is 23.4 Å². The first-order valence-corrected chi connectivity index (χ1v) is 9.60. The molecule has 4 aromatic rings. The third-order valence-corrected chi connectivity index (χ3v) is 5.08. The van der Waals surface area contributed by atoms with Gasteiger partial charge in [0.15, 0.2) is 5.82 Å². The van der Waals surface area contributed by atoms with Crippen LogP contribution in [-0.4, -0.2) is 25.0 Å². The molecule has 2 N–H and O–H groups in total. The molecule has 0 saturated carbocycles. The van der Waals surface area contributed by atoms with E-state index in [1.165, 1.54) is 22.5 Å². The Labute approximate surface area is 168 Å². The van der Waals surface area contributed by atoms with Gasteiger partial charge in [-0.05, 0) is 23.8 Å². The van der Waals surface area contributed by atoms with Gasteiger partial charge in [-0.25, -0.2) is 9.07 Å². The van der Waals surface area contributed by atoms with Crippen LogP contribution in [0.25, 0.3) is 11.4 Å². The molecule has 0 atom stereocenters. The number of halogens is 2. The fraction of sp³-hybridized carbons (Fsp3) is 0.111. The Balaban J connectivity index is 1.43. The predicted molar refractivity (Wildman–Crippen MR) is 104 cm³/mol. The molecular weight excluding hydrogens is 403 g/mol. The van der Waals surface area contributed by atoms with Gasteiger partial charge in [0, 0.05) is 17.0 Å². The van der Waals surface area contributed by atoms with Crippen molar-refractivity contribution in [2.24, 2.45) is 0 Å². The molecule has 0 aliphatic carbocycles. The smallest absolute Gasteiger partial charge is 0.237 e. The lowest BCUT2D eigenvalue weighted by atomic mass is 10.1. The van der Waals surface area contributed by atoms with Gasteiger partial charge in [-0.2, -0.15) is 4.98 Å². The summed E-state index contributed by atoms with van der Waals surface area (Å²) in [6.07, 6.45) is 0.246. The second kappa shape index (κ2) is 7.99. The normalized spacial score (nSPS) is 11.1. The van der Waals surface area contributed by atoms with Gasteiger partial charge in [-0.1, -0.05) is 58.9 Å². The Morgan fingerprint density at radius 1 is 1.14 bits per heavy atom. The highest BCUT2D eigenvalue weighted by molar-refractivity contribution is 7.98. The van der Waals surface area contributed by atoms with E-state index in [9.17, 15) is 4.39 Å². The van der Waals surface area contributed by atoms with E-state index in [-0.39, 0.29) is 12.2 Å². The van der Waals surface area contributed by atoms with Gasteiger partial charge in [0.2, 0.25) is 16.9 Å². The van der Waals surface area contributed by atoms with Crippen molar-refractivity contribution in [3.05, 3.63) is 76.6 Å². The molecule has 0 amide bonds. The van der Waals surface area contributed by atoms with Gasteiger partial charge >= 0.3 is 0 Å². The van der Waals surface area contributed by atoms with Crippen LogP contribution in [0.1, 0.15) is 17.3 Å². The number of hydrogen-bond acceptors (Lipinski definition) is 7. The van der Waals surface area contributed by atoms with Gasteiger partial charge in [0.1, 0.15) is 5.82 Å². The fourth-order valence-corrected chi connectivity index (χ4v) is 3.43. The zero-order chi connectivity index (χ0) is 19.5. The number of nitrogen functional groups attached to an aromatic ring is 1. The van der Waals surface area contributed by atoms with Gasteiger partial charge in [0.05, 0.1) is 5.75 Å². The summed E-state index contributed by atoms with van der Waals surface area (Å²) < 4.78 is 20.4. The molecule has 0 aliphatic rings. The van der Waals surface area contributed by atoms with E-state index in [4.69, 9.17) is 22.0 Å². The van der Waals surface area contributed by atoms with Crippen molar-refractivity contribution in [2.75, 3.05) is 5.84 Å². The van der Waals surface area contributed by atoms with Gasteiger partial charge in [0.25, 0.3) is 0 Å². The molecule has 28 heavy (non-hydrogen) atoms. The number of rotatable bonds is 6. The second-order valence-electron chi connectivity index (χ2n) is 5.85. The largest absolute Gasteiger partial charge is 0.338 e. The molecule has 0 aliphatic heterocycles. The monoisotopic (exact) mass is 416 g/mol. The molecule has 0 bridgehead atoms. The zero-order valence-corrected chi connectivity index (χ0v) is 16.0. The summed E-state index contributed by atoms with van der Waals surface area (Å²) in [5.74, 6) is 7.43. The highest BCUT2D eigenvalue weighted by Crippen LogP contribution is 2.24. The van der Waals surface area contributed by atoms with Crippen LogP contribution in [0.15, 0.2) is 58.2 Å². The molecule has 7 nitrogen and oxygen atoms in total. The molecule has 142 valence electrons. The molecule has 2 aromatic carbocycles. The first-order chi connectivity index (χ1) is 13.6. The number of nitrogens with two attached hydrogens (primary N) is 1. The molecule has 2 heterocycles. The Morgan fingerprint density at radius 2 is 2.00 bits per heavy atom. The Morgan fingerprint density at radius 3 is 2.82 bits per heavy atom. The van der Waals surface area contributed by atoms with Gasteiger partial charge < -0.3 is 10.4 Å². The lowest BCUT2D eigenvalue weighted by molar-refractivity contribution is 0.391. The van der Waals surface area contributed by atoms with Crippen LogP contribution in [0.4, 0.5) is 4.39 Å². The third-order valence-electron chi connectivity index (χ3n) is 3.92. The zero-order valence-electron chi connectivity index (χ0n) is 14.4. The van der Waals surface area contributed by atoms with E-state index in [2.05, 4.69) is 20.3 Å². The van der Waals surface area contributed by atoms with E-state index in [0.717, 1.165) is 5.56 Å². The fourth-order valence-electron chi connectivity index (χ4n) is 2.52.